The predicted octanol–water partition coefficient (Wildman–Crippen LogP) is 3.84. The first-order valence-electron chi connectivity index (χ1n) is 12.6. The first-order chi connectivity index (χ1) is 15.1. The van der Waals surface area contributed by atoms with Gasteiger partial charge in [-0.1, -0.05) is 43.7 Å². The van der Waals surface area contributed by atoms with E-state index in [0.29, 0.717) is 0 Å². The molecule has 31 heavy (non-hydrogen) atoms. The SMILES string of the molecule is CCNC(=NCC1CCN(Cc2ccc(C)cc2)CC1)N1CCC(CN(CC)CC)C1. The minimum absolute atomic E-state index is 0.719. The Morgan fingerprint density at radius 1 is 1.00 bits per heavy atom. The molecular formula is C26H45N5. The number of nitrogens with one attached hydrogen (secondary N) is 1. The van der Waals surface area contributed by atoms with E-state index in [0.717, 1.165) is 63.6 Å². The fourth-order valence-corrected chi connectivity index (χ4v) is 4.94. The van der Waals surface area contributed by atoms with Gasteiger partial charge in [-0.15, -0.1) is 0 Å². The lowest BCUT2D eigenvalue weighted by molar-refractivity contribution is 0.180. The summed E-state index contributed by atoms with van der Waals surface area (Å²) >= 11 is 0. The summed E-state index contributed by atoms with van der Waals surface area (Å²) in [5, 5.41) is 3.56. The third-order valence-electron chi connectivity index (χ3n) is 7.06. The van der Waals surface area contributed by atoms with Crippen LogP contribution in [0.2, 0.25) is 0 Å². The van der Waals surface area contributed by atoms with Gasteiger partial charge in [0.1, 0.15) is 0 Å². The highest BCUT2D eigenvalue weighted by Crippen LogP contribution is 2.21. The lowest BCUT2D eigenvalue weighted by Gasteiger charge is -2.31. The van der Waals surface area contributed by atoms with E-state index in [1.807, 2.05) is 0 Å². The fraction of sp³-hybridized carbons (Fsp3) is 0.731. The van der Waals surface area contributed by atoms with E-state index in [2.05, 4.69) is 72.0 Å². The summed E-state index contributed by atoms with van der Waals surface area (Å²) in [5.74, 6) is 2.64. The Bertz CT molecular complexity index is 659. The van der Waals surface area contributed by atoms with Crippen molar-refractivity contribution in [1.82, 2.24) is 20.0 Å². The Morgan fingerprint density at radius 2 is 1.68 bits per heavy atom. The topological polar surface area (TPSA) is 34.1 Å². The normalized spacial score (nSPS) is 21.3. The van der Waals surface area contributed by atoms with E-state index in [1.165, 1.54) is 50.0 Å². The number of benzene rings is 1. The molecule has 3 rings (SSSR count). The van der Waals surface area contributed by atoms with Gasteiger partial charge in [0.25, 0.3) is 0 Å². The van der Waals surface area contributed by atoms with E-state index < -0.39 is 0 Å². The molecule has 1 N–H and O–H groups in total. The van der Waals surface area contributed by atoms with Crippen LogP contribution in [-0.2, 0) is 6.54 Å². The molecule has 0 bridgehead atoms. The molecule has 1 aromatic carbocycles. The molecule has 1 aromatic rings. The molecule has 0 saturated carbocycles. The van der Waals surface area contributed by atoms with Crippen molar-refractivity contribution in [3.05, 3.63) is 35.4 Å². The van der Waals surface area contributed by atoms with Crippen LogP contribution >= 0.6 is 0 Å². The van der Waals surface area contributed by atoms with Crippen molar-refractivity contribution in [3.63, 3.8) is 0 Å². The van der Waals surface area contributed by atoms with Gasteiger partial charge in [0.05, 0.1) is 0 Å². The van der Waals surface area contributed by atoms with Crippen LogP contribution < -0.4 is 5.32 Å². The van der Waals surface area contributed by atoms with Gasteiger partial charge in [-0.3, -0.25) is 9.89 Å². The first kappa shape index (κ1) is 24.1. The molecule has 0 aliphatic carbocycles. The zero-order chi connectivity index (χ0) is 22.1. The Hall–Kier alpha value is -1.59. The molecule has 2 saturated heterocycles. The van der Waals surface area contributed by atoms with Gasteiger partial charge < -0.3 is 15.1 Å². The number of piperidine rings is 1. The van der Waals surface area contributed by atoms with Gasteiger partial charge in [0.2, 0.25) is 0 Å². The van der Waals surface area contributed by atoms with Crippen LogP contribution in [0.3, 0.4) is 0 Å². The van der Waals surface area contributed by atoms with Crippen LogP contribution in [0, 0.1) is 18.8 Å². The minimum Gasteiger partial charge on any atom is -0.357 e. The van der Waals surface area contributed by atoms with Crippen molar-refractivity contribution in [2.75, 3.05) is 58.9 Å². The van der Waals surface area contributed by atoms with Crippen LogP contribution in [0.25, 0.3) is 0 Å². The molecule has 5 nitrogen and oxygen atoms in total. The van der Waals surface area contributed by atoms with Gasteiger partial charge in [-0.05, 0) is 76.7 Å². The molecule has 5 heteroatoms. The van der Waals surface area contributed by atoms with Gasteiger partial charge >= 0.3 is 0 Å². The average molecular weight is 428 g/mol. The van der Waals surface area contributed by atoms with Crippen LogP contribution in [0.4, 0.5) is 0 Å². The number of nitrogens with zero attached hydrogens (tertiary/aromatic N) is 4. The van der Waals surface area contributed by atoms with E-state index in [9.17, 15) is 0 Å². The number of hydrogen-bond acceptors (Lipinski definition) is 3. The summed E-state index contributed by atoms with van der Waals surface area (Å²) in [6.45, 7) is 20.1. The standard InChI is InChI=1S/C26H45N5/c1-5-27-26(31-17-14-25(21-31)20-29(6-2)7-3)28-18-23-12-15-30(16-13-23)19-24-10-8-22(4)9-11-24/h8-11,23,25H,5-7,12-21H2,1-4H3,(H,27,28). The van der Waals surface area contributed by atoms with Crippen LogP contribution in [-0.4, -0.2) is 79.6 Å². The molecule has 0 spiro atoms. The van der Waals surface area contributed by atoms with E-state index >= 15 is 0 Å². The Kier molecular flexibility index (Phi) is 9.66. The van der Waals surface area contributed by atoms with Crippen molar-refractivity contribution in [2.45, 2.75) is 53.5 Å². The van der Waals surface area contributed by atoms with Crippen LogP contribution in [0.5, 0.6) is 0 Å². The Balaban J connectivity index is 1.45. The van der Waals surface area contributed by atoms with Crippen molar-refractivity contribution in [1.29, 1.82) is 0 Å². The highest BCUT2D eigenvalue weighted by atomic mass is 15.3. The molecule has 0 amide bonds. The van der Waals surface area contributed by atoms with Gasteiger partial charge in [-0.25, -0.2) is 0 Å². The highest BCUT2D eigenvalue weighted by Gasteiger charge is 2.26. The minimum atomic E-state index is 0.719. The Labute approximate surface area is 190 Å². The second kappa shape index (κ2) is 12.4. The maximum atomic E-state index is 5.09. The fourth-order valence-electron chi connectivity index (χ4n) is 4.94. The maximum absolute atomic E-state index is 5.09. The summed E-state index contributed by atoms with van der Waals surface area (Å²) in [5.41, 5.74) is 2.78. The number of hydrogen-bond donors (Lipinski definition) is 1. The van der Waals surface area contributed by atoms with Crippen molar-refractivity contribution >= 4 is 5.96 Å². The zero-order valence-corrected chi connectivity index (χ0v) is 20.4. The van der Waals surface area contributed by atoms with Gasteiger partial charge in [0, 0.05) is 39.3 Å². The number of likely N-dealkylation sites (tertiary alicyclic amines) is 2. The van der Waals surface area contributed by atoms with Crippen LogP contribution in [0.15, 0.2) is 29.3 Å². The van der Waals surface area contributed by atoms with Crippen molar-refractivity contribution in [2.24, 2.45) is 16.8 Å². The first-order valence-corrected chi connectivity index (χ1v) is 12.6. The molecule has 2 aliphatic rings. The molecule has 0 radical (unpaired) electrons. The Morgan fingerprint density at radius 3 is 2.32 bits per heavy atom. The summed E-state index contributed by atoms with van der Waals surface area (Å²) < 4.78 is 0. The van der Waals surface area contributed by atoms with Crippen molar-refractivity contribution in [3.8, 4) is 0 Å². The molecule has 174 valence electrons. The van der Waals surface area contributed by atoms with Gasteiger partial charge in [0.15, 0.2) is 5.96 Å². The smallest absolute Gasteiger partial charge is 0.193 e. The molecular weight excluding hydrogens is 382 g/mol. The second-order valence-corrected chi connectivity index (χ2v) is 9.49. The lowest BCUT2D eigenvalue weighted by Crippen LogP contribution is -2.41. The molecule has 2 fully saturated rings. The maximum Gasteiger partial charge on any atom is 0.193 e. The molecule has 2 aliphatic heterocycles. The third kappa shape index (κ3) is 7.50. The largest absolute Gasteiger partial charge is 0.357 e. The molecule has 0 aromatic heterocycles. The third-order valence-corrected chi connectivity index (χ3v) is 7.06. The van der Waals surface area contributed by atoms with Crippen molar-refractivity contribution < 1.29 is 0 Å². The monoisotopic (exact) mass is 427 g/mol. The number of guanidine groups is 1. The number of rotatable bonds is 9. The number of aliphatic imine (C=N–C) groups is 1. The lowest BCUT2D eigenvalue weighted by atomic mass is 9.96. The molecule has 1 unspecified atom stereocenters. The van der Waals surface area contributed by atoms with E-state index in [-0.39, 0.29) is 0 Å². The van der Waals surface area contributed by atoms with E-state index in [1.54, 1.807) is 0 Å². The summed E-state index contributed by atoms with van der Waals surface area (Å²) in [4.78, 5) is 12.8. The molecule has 1 atom stereocenters. The van der Waals surface area contributed by atoms with Gasteiger partial charge in [-0.2, -0.15) is 0 Å². The second-order valence-electron chi connectivity index (χ2n) is 9.49. The molecule has 2 heterocycles. The number of aryl methyl sites for hydroxylation is 1. The van der Waals surface area contributed by atoms with E-state index in [4.69, 9.17) is 4.99 Å². The zero-order valence-electron chi connectivity index (χ0n) is 20.4. The summed E-state index contributed by atoms with van der Waals surface area (Å²) in [6, 6.07) is 9.00. The predicted molar refractivity (Wildman–Crippen MR) is 133 cm³/mol. The average Bonchev–Trinajstić information content (AvgIpc) is 3.26. The quantitative estimate of drug-likeness (QED) is 0.480. The highest BCUT2D eigenvalue weighted by molar-refractivity contribution is 5.80. The van der Waals surface area contributed by atoms with Crippen LogP contribution in [0.1, 0.15) is 51.2 Å². The summed E-state index contributed by atoms with van der Waals surface area (Å²) in [7, 11) is 0. The summed E-state index contributed by atoms with van der Waals surface area (Å²) in [6.07, 6.45) is 3.82.